The first kappa shape index (κ1) is 11.9. The maximum absolute atomic E-state index is 12.1. The molecule has 1 fully saturated rings. The standard InChI is InChI=1S/C12H15N5O2/c1-5-4-8(11(18)15-7-3-2-6(7)13)14-10-9(5)12(19)17-16-10/h4,6-7H,2-3,13H2,1H3,(H,15,18)(H2,14,16,17,19)/t6-,7+/m1/s1. The maximum atomic E-state index is 12.1. The summed E-state index contributed by atoms with van der Waals surface area (Å²) >= 11 is 0. The van der Waals surface area contributed by atoms with Gasteiger partial charge in [-0.05, 0) is 31.4 Å². The fraction of sp³-hybridized carbons (Fsp3) is 0.417. The van der Waals surface area contributed by atoms with Crippen LogP contribution in [-0.4, -0.2) is 33.2 Å². The van der Waals surface area contributed by atoms with Gasteiger partial charge in [-0.3, -0.25) is 19.8 Å². The van der Waals surface area contributed by atoms with Crippen molar-refractivity contribution in [2.24, 2.45) is 5.73 Å². The first-order valence-electron chi connectivity index (χ1n) is 6.20. The molecular formula is C12H15N5O2. The molecule has 0 spiro atoms. The van der Waals surface area contributed by atoms with E-state index in [-0.39, 0.29) is 23.6 Å². The molecule has 0 bridgehead atoms. The summed E-state index contributed by atoms with van der Waals surface area (Å²) < 4.78 is 0. The zero-order chi connectivity index (χ0) is 13.6. The molecule has 1 amide bonds. The monoisotopic (exact) mass is 261 g/mol. The SMILES string of the molecule is Cc1cc(C(=O)N[C@H]2CC[C@H]2N)nc2[nH][nH]c(=O)c12. The Hall–Kier alpha value is -2.15. The lowest BCUT2D eigenvalue weighted by atomic mass is 9.87. The molecule has 2 heterocycles. The van der Waals surface area contributed by atoms with Crippen molar-refractivity contribution < 1.29 is 4.79 Å². The van der Waals surface area contributed by atoms with E-state index < -0.39 is 0 Å². The van der Waals surface area contributed by atoms with Crippen LogP contribution in [0.5, 0.6) is 0 Å². The number of hydrogen-bond donors (Lipinski definition) is 4. The fourth-order valence-corrected chi connectivity index (χ4v) is 2.29. The summed E-state index contributed by atoms with van der Waals surface area (Å²) in [7, 11) is 0. The van der Waals surface area contributed by atoms with Gasteiger partial charge in [0, 0.05) is 12.1 Å². The molecule has 3 rings (SSSR count). The van der Waals surface area contributed by atoms with Gasteiger partial charge in [-0.2, -0.15) is 0 Å². The molecule has 100 valence electrons. The highest BCUT2D eigenvalue weighted by atomic mass is 16.2. The molecule has 1 saturated carbocycles. The van der Waals surface area contributed by atoms with Crippen LogP contribution in [0, 0.1) is 6.92 Å². The third-order valence-corrected chi connectivity index (χ3v) is 3.62. The fourth-order valence-electron chi connectivity index (χ4n) is 2.29. The molecule has 2 atom stereocenters. The summed E-state index contributed by atoms with van der Waals surface area (Å²) in [5.41, 5.74) is 6.96. The van der Waals surface area contributed by atoms with Gasteiger partial charge in [-0.15, -0.1) is 0 Å². The Kier molecular flexibility index (Phi) is 2.63. The van der Waals surface area contributed by atoms with Crippen molar-refractivity contribution in [3.8, 4) is 0 Å². The molecule has 7 nitrogen and oxygen atoms in total. The van der Waals surface area contributed by atoms with E-state index in [9.17, 15) is 9.59 Å². The minimum absolute atomic E-state index is 0.0237. The number of nitrogens with one attached hydrogen (secondary N) is 3. The summed E-state index contributed by atoms with van der Waals surface area (Å²) in [4.78, 5) is 27.7. The van der Waals surface area contributed by atoms with Crippen molar-refractivity contribution in [2.75, 3.05) is 0 Å². The predicted molar refractivity (Wildman–Crippen MR) is 69.9 cm³/mol. The van der Waals surface area contributed by atoms with Crippen LogP contribution in [0.2, 0.25) is 0 Å². The second-order valence-corrected chi connectivity index (χ2v) is 4.95. The molecule has 2 aromatic rings. The van der Waals surface area contributed by atoms with E-state index in [4.69, 9.17) is 5.73 Å². The molecule has 0 saturated heterocycles. The number of aryl methyl sites for hydroxylation is 1. The Morgan fingerprint density at radius 3 is 2.89 bits per heavy atom. The van der Waals surface area contributed by atoms with Gasteiger partial charge >= 0.3 is 0 Å². The van der Waals surface area contributed by atoms with Crippen LogP contribution in [0.3, 0.4) is 0 Å². The van der Waals surface area contributed by atoms with Gasteiger partial charge in [0.05, 0.1) is 5.39 Å². The van der Waals surface area contributed by atoms with Crippen LogP contribution in [0.25, 0.3) is 11.0 Å². The molecule has 0 aromatic carbocycles. The molecule has 19 heavy (non-hydrogen) atoms. The molecular weight excluding hydrogens is 246 g/mol. The van der Waals surface area contributed by atoms with Crippen molar-refractivity contribution in [1.82, 2.24) is 20.5 Å². The lowest BCUT2D eigenvalue weighted by Crippen LogP contribution is -2.54. The first-order chi connectivity index (χ1) is 9.06. The number of aromatic amines is 2. The highest BCUT2D eigenvalue weighted by molar-refractivity contribution is 5.95. The molecule has 0 aliphatic heterocycles. The third-order valence-electron chi connectivity index (χ3n) is 3.62. The van der Waals surface area contributed by atoms with Gasteiger partial charge in [0.1, 0.15) is 5.69 Å². The smallest absolute Gasteiger partial charge is 0.273 e. The lowest BCUT2D eigenvalue weighted by Gasteiger charge is -2.33. The number of H-pyrrole nitrogens is 2. The minimum atomic E-state index is -0.257. The average molecular weight is 261 g/mol. The summed E-state index contributed by atoms with van der Waals surface area (Å²) in [6.07, 6.45) is 1.83. The van der Waals surface area contributed by atoms with E-state index in [0.29, 0.717) is 16.7 Å². The summed E-state index contributed by atoms with van der Waals surface area (Å²) in [5.74, 6) is -0.257. The third kappa shape index (κ3) is 1.91. The van der Waals surface area contributed by atoms with Gasteiger partial charge in [-0.25, -0.2) is 4.98 Å². The predicted octanol–water partition coefficient (Wildman–Crippen LogP) is -0.221. The van der Waals surface area contributed by atoms with Crippen LogP contribution in [0.15, 0.2) is 10.9 Å². The number of carbonyl (C=O) groups excluding carboxylic acids is 1. The van der Waals surface area contributed by atoms with Gasteiger partial charge in [0.2, 0.25) is 0 Å². The Morgan fingerprint density at radius 2 is 2.26 bits per heavy atom. The van der Waals surface area contributed by atoms with Crippen LogP contribution in [0.4, 0.5) is 0 Å². The number of nitrogens with zero attached hydrogens (tertiary/aromatic N) is 1. The number of fused-ring (bicyclic) bond motifs is 1. The van der Waals surface area contributed by atoms with Crippen molar-refractivity contribution in [3.63, 3.8) is 0 Å². The maximum Gasteiger partial charge on any atom is 0.273 e. The number of amides is 1. The largest absolute Gasteiger partial charge is 0.346 e. The van der Waals surface area contributed by atoms with E-state index in [2.05, 4.69) is 20.5 Å². The zero-order valence-corrected chi connectivity index (χ0v) is 10.5. The van der Waals surface area contributed by atoms with Gasteiger partial charge < -0.3 is 11.1 Å². The summed E-state index contributed by atoms with van der Waals surface area (Å²) in [6, 6.07) is 1.67. The summed E-state index contributed by atoms with van der Waals surface area (Å²) in [5, 5.41) is 8.46. The van der Waals surface area contributed by atoms with Crippen molar-refractivity contribution >= 4 is 16.9 Å². The molecule has 2 aromatic heterocycles. The molecule has 1 aliphatic rings. The zero-order valence-electron chi connectivity index (χ0n) is 10.5. The van der Waals surface area contributed by atoms with Gasteiger partial charge in [0.25, 0.3) is 11.5 Å². The van der Waals surface area contributed by atoms with E-state index >= 15 is 0 Å². The van der Waals surface area contributed by atoms with E-state index in [1.165, 1.54) is 0 Å². The Morgan fingerprint density at radius 1 is 1.47 bits per heavy atom. The normalized spacial score (nSPS) is 22.2. The van der Waals surface area contributed by atoms with Crippen molar-refractivity contribution in [3.05, 3.63) is 27.7 Å². The Bertz CT molecular complexity index is 702. The van der Waals surface area contributed by atoms with Crippen LogP contribution in [-0.2, 0) is 0 Å². The van der Waals surface area contributed by atoms with Gasteiger partial charge in [-0.1, -0.05) is 0 Å². The van der Waals surface area contributed by atoms with Crippen molar-refractivity contribution in [2.45, 2.75) is 31.8 Å². The van der Waals surface area contributed by atoms with Crippen LogP contribution in [0.1, 0.15) is 28.9 Å². The number of nitrogens with two attached hydrogens (primary N) is 1. The lowest BCUT2D eigenvalue weighted by molar-refractivity contribution is 0.0901. The van der Waals surface area contributed by atoms with Crippen LogP contribution >= 0.6 is 0 Å². The second kappa shape index (κ2) is 4.20. The van der Waals surface area contributed by atoms with Gasteiger partial charge in [0.15, 0.2) is 5.65 Å². The molecule has 5 N–H and O–H groups in total. The number of pyridine rings is 1. The molecule has 0 unspecified atom stereocenters. The van der Waals surface area contributed by atoms with E-state index in [1.807, 2.05) is 0 Å². The van der Waals surface area contributed by atoms with E-state index in [1.54, 1.807) is 13.0 Å². The number of rotatable bonds is 2. The average Bonchev–Trinajstić information content (AvgIpc) is 2.76. The quantitative estimate of drug-likeness (QED) is 0.597. The highest BCUT2D eigenvalue weighted by Crippen LogP contribution is 2.18. The Balaban J connectivity index is 1.92. The number of hydrogen-bond acceptors (Lipinski definition) is 4. The van der Waals surface area contributed by atoms with Crippen molar-refractivity contribution in [1.29, 1.82) is 0 Å². The van der Waals surface area contributed by atoms with Crippen LogP contribution < -0.4 is 16.6 Å². The Labute approximate surface area is 108 Å². The molecule has 7 heteroatoms. The first-order valence-corrected chi connectivity index (χ1v) is 6.20. The number of carbonyl (C=O) groups is 1. The number of aromatic nitrogens is 3. The van der Waals surface area contributed by atoms with E-state index in [0.717, 1.165) is 18.4 Å². The molecule has 1 aliphatic carbocycles. The second-order valence-electron chi connectivity index (χ2n) is 4.95. The highest BCUT2D eigenvalue weighted by Gasteiger charge is 2.29. The molecule has 0 radical (unpaired) electrons. The minimum Gasteiger partial charge on any atom is -0.346 e. The topological polar surface area (TPSA) is 117 Å². The summed E-state index contributed by atoms with van der Waals surface area (Å²) in [6.45, 7) is 1.78.